The van der Waals surface area contributed by atoms with E-state index in [2.05, 4.69) is 15.2 Å². The second-order valence-corrected chi connectivity index (χ2v) is 8.72. The smallest absolute Gasteiger partial charge is 0.243 e. The number of likely N-dealkylation sites (tertiary alicyclic amines) is 1. The fourth-order valence-corrected chi connectivity index (χ4v) is 5.08. The van der Waals surface area contributed by atoms with Crippen molar-refractivity contribution < 1.29 is 8.42 Å². The Morgan fingerprint density at radius 2 is 1.73 bits per heavy atom. The lowest BCUT2D eigenvalue weighted by atomic mass is 9.98. The molecule has 0 unspecified atom stereocenters. The largest absolute Gasteiger partial charge is 0.356 e. The van der Waals surface area contributed by atoms with E-state index in [-0.39, 0.29) is 24.0 Å². The van der Waals surface area contributed by atoms with Crippen LogP contribution >= 0.6 is 24.0 Å². The lowest BCUT2D eigenvalue weighted by Gasteiger charge is -2.32. The number of hydrogen-bond acceptors (Lipinski definition) is 3. The fraction of sp³-hybridized carbons (Fsp3) is 0.611. The lowest BCUT2D eigenvalue weighted by molar-refractivity contribution is 0.272. The zero-order chi connectivity index (χ0) is 17.7. The van der Waals surface area contributed by atoms with Crippen LogP contribution in [0.1, 0.15) is 25.7 Å². The van der Waals surface area contributed by atoms with Crippen LogP contribution in [0.3, 0.4) is 0 Å². The van der Waals surface area contributed by atoms with Crippen molar-refractivity contribution in [2.24, 2.45) is 10.9 Å². The molecule has 0 radical (unpaired) electrons. The predicted molar refractivity (Wildman–Crippen MR) is 116 cm³/mol. The first kappa shape index (κ1) is 21.4. The number of nitrogens with zero attached hydrogens (tertiary/aromatic N) is 3. The van der Waals surface area contributed by atoms with E-state index in [1.807, 2.05) is 13.1 Å². The molecule has 0 bridgehead atoms. The summed E-state index contributed by atoms with van der Waals surface area (Å²) in [5, 5.41) is 3.47. The quantitative estimate of drug-likeness (QED) is 0.399. The molecule has 0 aliphatic carbocycles. The van der Waals surface area contributed by atoms with Crippen molar-refractivity contribution in [3.05, 3.63) is 30.3 Å². The molecule has 26 heavy (non-hydrogen) atoms. The number of hydrogen-bond donors (Lipinski definition) is 1. The molecule has 2 fully saturated rings. The van der Waals surface area contributed by atoms with Crippen LogP contribution in [-0.4, -0.2) is 63.4 Å². The third-order valence-electron chi connectivity index (χ3n) is 5.12. The Balaban J connectivity index is 0.00000243. The maximum atomic E-state index is 12.7. The molecule has 0 amide bonds. The van der Waals surface area contributed by atoms with Crippen LogP contribution in [0.2, 0.25) is 0 Å². The van der Waals surface area contributed by atoms with Crippen molar-refractivity contribution in [2.45, 2.75) is 30.6 Å². The normalized spacial score (nSPS) is 20.0. The summed E-state index contributed by atoms with van der Waals surface area (Å²) in [7, 11) is -1.52. The van der Waals surface area contributed by atoms with Gasteiger partial charge in [0.25, 0.3) is 0 Å². The molecule has 2 aliphatic rings. The monoisotopic (exact) mass is 492 g/mol. The molecule has 146 valence electrons. The molecule has 1 aromatic rings. The molecule has 3 rings (SSSR count). The Labute approximate surface area is 174 Å². The molecule has 6 nitrogen and oxygen atoms in total. The van der Waals surface area contributed by atoms with Crippen LogP contribution in [0.4, 0.5) is 0 Å². The van der Waals surface area contributed by atoms with Gasteiger partial charge in [-0.2, -0.15) is 4.31 Å². The van der Waals surface area contributed by atoms with Gasteiger partial charge in [0, 0.05) is 39.8 Å². The van der Waals surface area contributed by atoms with Gasteiger partial charge < -0.3 is 10.2 Å². The van der Waals surface area contributed by atoms with Crippen molar-refractivity contribution in [1.82, 2.24) is 14.5 Å². The van der Waals surface area contributed by atoms with Gasteiger partial charge in [-0.15, -0.1) is 24.0 Å². The Morgan fingerprint density at radius 1 is 1.12 bits per heavy atom. The minimum Gasteiger partial charge on any atom is -0.356 e. The van der Waals surface area contributed by atoms with Crippen molar-refractivity contribution >= 4 is 40.0 Å². The number of sulfonamides is 1. The van der Waals surface area contributed by atoms with E-state index in [1.165, 1.54) is 12.8 Å². The molecule has 8 heteroatoms. The Hall–Kier alpha value is -0.870. The van der Waals surface area contributed by atoms with Crippen molar-refractivity contribution in [2.75, 3.05) is 39.8 Å². The number of rotatable bonds is 4. The summed E-state index contributed by atoms with van der Waals surface area (Å²) in [5.41, 5.74) is 0. The van der Waals surface area contributed by atoms with Crippen molar-refractivity contribution in [3.63, 3.8) is 0 Å². The summed E-state index contributed by atoms with van der Waals surface area (Å²) >= 11 is 0. The Bertz CT molecular complexity index is 682. The first-order valence-corrected chi connectivity index (χ1v) is 10.6. The molecule has 2 aliphatic heterocycles. The molecular formula is C18H29IN4O2S. The van der Waals surface area contributed by atoms with Gasteiger partial charge in [0.2, 0.25) is 10.0 Å². The third-order valence-corrected chi connectivity index (χ3v) is 7.03. The molecule has 0 spiro atoms. The molecule has 1 aromatic carbocycles. The molecule has 0 saturated carbocycles. The van der Waals surface area contributed by atoms with Gasteiger partial charge in [0.05, 0.1) is 4.90 Å². The number of halogens is 1. The zero-order valence-electron chi connectivity index (χ0n) is 15.3. The highest BCUT2D eigenvalue weighted by Crippen LogP contribution is 2.23. The van der Waals surface area contributed by atoms with E-state index >= 15 is 0 Å². The van der Waals surface area contributed by atoms with E-state index < -0.39 is 10.0 Å². The highest BCUT2D eigenvalue weighted by atomic mass is 127. The molecule has 2 heterocycles. The minimum absolute atomic E-state index is 0. The average Bonchev–Trinajstić information content (AvgIpc) is 3.18. The highest BCUT2D eigenvalue weighted by Gasteiger charge is 2.29. The number of piperidine rings is 1. The van der Waals surface area contributed by atoms with Crippen molar-refractivity contribution in [1.29, 1.82) is 0 Å². The summed E-state index contributed by atoms with van der Waals surface area (Å²) in [5.74, 6) is 1.47. The van der Waals surface area contributed by atoms with Gasteiger partial charge in [-0.3, -0.25) is 4.99 Å². The summed E-state index contributed by atoms with van der Waals surface area (Å²) in [6.45, 7) is 4.20. The second kappa shape index (κ2) is 9.89. The van der Waals surface area contributed by atoms with Gasteiger partial charge in [-0.1, -0.05) is 18.2 Å². The molecular weight excluding hydrogens is 463 g/mol. The number of guanidine groups is 1. The SMILES string of the molecule is CN=C(NCC1CCN(S(=O)(=O)c2ccccc2)CC1)N1CCCC1.I. The molecule has 1 N–H and O–H groups in total. The Kier molecular flexibility index (Phi) is 8.15. The second-order valence-electron chi connectivity index (χ2n) is 6.78. The summed E-state index contributed by atoms with van der Waals surface area (Å²) < 4.78 is 26.9. The minimum atomic E-state index is -3.35. The molecule has 0 aromatic heterocycles. The van der Waals surface area contributed by atoms with Crippen LogP contribution in [-0.2, 0) is 10.0 Å². The molecule has 0 atom stereocenters. The average molecular weight is 492 g/mol. The third kappa shape index (κ3) is 5.10. The summed E-state index contributed by atoms with van der Waals surface area (Å²) in [6, 6.07) is 8.72. The lowest BCUT2D eigenvalue weighted by Crippen LogP contribution is -2.45. The van der Waals surface area contributed by atoms with Crippen LogP contribution < -0.4 is 5.32 Å². The van der Waals surface area contributed by atoms with Crippen LogP contribution in [0.15, 0.2) is 40.2 Å². The van der Waals surface area contributed by atoms with Crippen LogP contribution in [0.25, 0.3) is 0 Å². The van der Waals surface area contributed by atoms with Crippen molar-refractivity contribution in [3.8, 4) is 0 Å². The number of nitrogens with one attached hydrogen (secondary N) is 1. The van der Waals surface area contributed by atoms with E-state index in [1.54, 1.807) is 28.6 Å². The van der Waals surface area contributed by atoms with Gasteiger partial charge in [-0.05, 0) is 43.7 Å². The topological polar surface area (TPSA) is 65.0 Å². The van der Waals surface area contributed by atoms with E-state index in [9.17, 15) is 8.42 Å². The van der Waals surface area contributed by atoms with Crippen LogP contribution in [0, 0.1) is 5.92 Å². The predicted octanol–water partition coefficient (Wildman–Crippen LogP) is 2.38. The maximum absolute atomic E-state index is 12.7. The Morgan fingerprint density at radius 3 is 2.31 bits per heavy atom. The number of aliphatic imine (C=N–C) groups is 1. The van der Waals surface area contributed by atoms with E-state index in [0.29, 0.717) is 23.9 Å². The molecule has 2 saturated heterocycles. The first-order valence-electron chi connectivity index (χ1n) is 9.12. The summed E-state index contributed by atoms with van der Waals surface area (Å²) in [6.07, 6.45) is 4.24. The van der Waals surface area contributed by atoms with E-state index in [0.717, 1.165) is 38.4 Å². The maximum Gasteiger partial charge on any atom is 0.243 e. The highest BCUT2D eigenvalue weighted by molar-refractivity contribution is 14.0. The van der Waals surface area contributed by atoms with Gasteiger partial charge in [0.1, 0.15) is 0 Å². The fourth-order valence-electron chi connectivity index (χ4n) is 3.59. The van der Waals surface area contributed by atoms with Gasteiger partial charge >= 0.3 is 0 Å². The van der Waals surface area contributed by atoms with Crippen LogP contribution in [0.5, 0.6) is 0 Å². The van der Waals surface area contributed by atoms with Gasteiger partial charge in [0.15, 0.2) is 5.96 Å². The summed E-state index contributed by atoms with van der Waals surface area (Å²) in [4.78, 5) is 7.06. The van der Waals surface area contributed by atoms with E-state index in [4.69, 9.17) is 0 Å². The van der Waals surface area contributed by atoms with Gasteiger partial charge in [-0.25, -0.2) is 8.42 Å². The number of benzene rings is 1. The first-order chi connectivity index (χ1) is 12.1. The standard InChI is InChI=1S/C18H28N4O2S.HI/c1-19-18(21-11-5-6-12-21)20-15-16-9-13-22(14-10-16)25(23,24)17-7-3-2-4-8-17;/h2-4,7-8,16H,5-6,9-15H2,1H3,(H,19,20);1H. The zero-order valence-corrected chi connectivity index (χ0v) is 18.4.